The number of thiazole rings is 1. The molecule has 2 N–H and O–H groups in total. The smallest absolute Gasteiger partial charge is 0.243 e. The fourth-order valence-electron chi connectivity index (χ4n) is 2.76. The molecule has 0 bridgehead atoms. The van der Waals surface area contributed by atoms with Gasteiger partial charge in [-0.2, -0.15) is 4.31 Å². The maximum Gasteiger partial charge on any atom is 0.243 e. The van der Waals surface area contributed by atoms with Crippen molar-refractivity contribution < 1.29 is 18.1 Å². The van der Waals surface area contributed by atoms with Crippen LogP contribution in [0.15, 0.2) is 34.5 Å². The molecule has 0 aliphatic rings. The Morgan fingerprint density at radius 1 is 1.18 bits per heavy atom. The largest absolute Gasteiger partial charge is 0.334 e. The number of hydrogen-bond donors (Lipinski definition) is 2. The van der Waals surface area contributed by atoms with Crippen LogP contribution in [0.3, 0.4) is 0 Å². The Balaban J connectivity index is 2.19. The molecule has 1 heterocycles. The van der Waals surface area contributed by atoms with E-state index in [1.165, 1.54) is 20.5 Å². The van der Waals surface area contributed by atoms with Gasteiger partial charge in [-0.3, -0.25) is 4.79 Å². The number of aromatic nitrogens is 1. The highest BCUT2D eigenvalue weighted by Gasteiger charge is 2.28. The van der Waals surface area contributed by atoms with Crippen molar-refractivity contribution in [3.05, 3.63) is 40.9 Å². The van der Waals surface area contributed by atoms with Crippen LogP contribution in [0.1, 0.15) is 25.1 Å². The molecule has 0 fully saturated rings. The van der Waals surface area contributed by atoms with Gasteiger partial charge in [-0.1, -0.05) is 17.7 Å². The summed E-state index contributed by atoms with van der Waals surface area (Å²) in [5.41, 5.74) is 1.80. The number of hydrogen-bond acceptors (Lipinski definition) is 5. The first-order valence-electron chi connectivity index (χ1n) is 9.38. The van der Waals surface area contributed by atoms with E-state index in [2.05, 4.69) is 24.1 Å². The molecule has 2 aromatic rings. The van der Waals surface area contributed by atoms with Gasteiger partial charge >= 0.3 is 0 Å². The quantitative estimate of drug-likeness (QED) is 0.601. The van der Waals surface area contributed by atoms with Crippen LogP contribution in [-0.2, 0) is 14.8 Å². The number of benzene rings is 1. The van der Waals surface area contributed by atoms with Gasteiger partial charge in [0.2, 0.25) is 15.9 Å². The van der Waals surface area contributed by atoms with Gasteiger partial charge in [0.1, 0.15) is 0 Å². The topological polar surface area (TPSA) is 83.8 Å². The van der Waals surface area contributed by atoms with E-state index in [0.29, 0.717) is 11.7 Å². The molecule has 0 radical (unpaired) electrons. The summed E-state index contributed by atoms with van der Waals surface area (Å²) in [4.78, 5) is 18.2. The summed E-state index contributed by atoms with van der Waals surface area (Å²) >= 11 is 1.32. The summed E-state index contributed by atoms with van der Waals surface area (Å²) in [5, 5.41) is 5.01. The minimum Gasteiger partial charge on any atom is -0.334 e. The average Bonchev–Trinajstić information content (AvgIpc) is 3.06. The predicted octanol–water partition coefficient (Wildman–Crippen LogP) is 1.31. The minimum atomic E-state index is -3.77. The van der Waals surface area contributed by atoms with E-state index in [9.17, 15) is 13.2 Å². The highest BCUT2D eigenvalue weighted by Crippen LogP contribution is 2.17. The Morgan fingerprint density at radius 2 is 1.82 bits per heavy atom. The number of anilines is 1. The van der Waals surface area contributed by atoms with Crippen molar-refractivity contribution >= 4 is 32.4 Å². The number of nitrogens with zero attached hydrogens (tertiary/aromatic N) is 2. The molecule has 28 heavy (non-hydrogen) atoms. The van der Waals surface area contributed by atoms with E-state index in [1.54, 1.807) is 24.3 Å². The van der Waals surface area contributed by atoms with Gasteiger partial charge in [0, 0.05) is 5.38 Å². The van der Waals surface area contributed by atoms with Crippen LogP contribution < -0.4 is 10.2 Å². The van der Waals surface area contributed by atoms with Crippen LogP contribution in [-0.4, -0.2) is 56.3 Å². The SMILES string of the molecule is CC[NH+](CC)CCN(CC(=O)Nc1nc(C)cs1)S(=O)(=O)c1ccc(C)cc1. The van der Waals surface area contributed by atoms with Crippen molar-refractivity contribution in [3.63, 3.8) is 0 Å². The minimum absolute atomic E-state index is 0.200. The molecule has 9 heteroatoms. The molecule has 7 nitrogen and oxygen atoms in total. The Kier molecular flexibility index (Phi) is 8.11. The summed E-state index contributed by atoms with van der Waals surface area (Å²) in [6.07, 6.45) is 0. The third-order valence-electron chi connectivity index (χ3n) is 4.56. The molecule has 0 saturated heterocycles. The van der Waals surface area contributed by atoms with Crippen LogP contribution in [0.4, 0.5) is 5.13 Å². The number of aryl methyl sites for hydroxylation is 2. The third kappa shape index (κ3) is 6.10. The van der Waals surface area contributed by atoms with Gasteiger partial charge in [0.25, 0.3) is 0 Å². The second-order valence-electron chi connectivity index (χ2n) is 6.70. The Morgan fingerprint density at radius 3 is 2.36 bits per heavy atom. The number of carbonyl (C=O) groups excluding carboxylic acids is 1. The van der Waals surface area contributed by atoms with Crippen LogP contribution >= 0.6 is 11.3 Å². The summed E-state index contributed by atoms with van der Waals surface area (Å²) in [6.45, 7) is 10.4. The molecule has 154 valence electrons. The van der Waals surface area contributed by atoms with Crippen LogP contribution in [0, 0.1) is 13.8 Å². The van der Waals surface area contributed by atoms with Crippen molar-refractivity contribution in [3.8, 4) is 0 Å². The first-order chi connectivity index (χ1) is 13.3. The van der Waals surface area contributed by atoms with Gasteiger partial charge in [-0.15, -0.1) is 11.3 Å². The monoisotopic (exact) mass is 425 g/mol. The van der Waals surface area contributed by atoms with E-state index < -0.39 is 10.0 Å². The summed E-state index contributed by atoms with van der Waals surface area (Å²) in [7, 11) is -3.77. The number of carbonyl (C=O) groups is 1. The second-order valence-corrected chi connectivity index (χ2v) is 9.50. The lowest BCUT2D eigenvalue weighted by molar-refractivity contribution is -0.895. The van der Waals surface area contributed by atoms with Crippen molar-refractivity contribution in [2.45, 2.75) is 32.6 Å². The lowest BCUT2D eigenvalue weighted by Crippen LogP contribution is -3.12. The first kappa shape index (κ1) is 22.5. The zero-order chi connectivity index (χ0) is 20.7. The Labute approximate surface area is 171 Å². The number of rotatable bonds is 10. The molecule has 0 aliphatic heterocycles. The normalized spacial score (nSPS) is 11.9. The summed E-state index contributed by atoms with van der Waals surface area (Å²) in [6, 6.07) is 6.70. The molecule has 0 saturated carbocycles. The highest BCUT2D eigenvalue weighted by atomic mass is 32.2. The molecule has 1 amide bonds. The van der Waals surface area contributed by atoms with Crippen molar-refractivity contribution in [1.29, 1.82) is 0 Å². The molecule has 0 unspecified atom stereocenters. The molecular weight excluding hydrogens is 396 g/mol. The highest BCUT2D eigenvalue weighted by molar-refractivity contribution is 7.89. The fraction of sp³-hybridized carbons (Fsp3) is 0.474. The van der Waals surface area contributed by atoms with Gasteiger partial charge in [-0.05, 0) is 39.8 Å². The van der Waals surface area contributed by atoms with Gasteiger partial charge in [0.05, 0.1) is 43.3 Å². The second kappa shape index (κ2) is 10.1. The van der Waals surface area contributed by atoms with Crippen molar-refractivity contribution in [1.82, 2.24) is 9.29 Å². The third-order valence-corrected chi connectivity index (χ3v) is 7.29. The molecule has 0 aliphatic carbocycles. The lowest BCUT2D eigenvalue weighted by Gasteiger charge is -2.24. The molecular formula is C19H29N4O3S2+. The average molecular weight is 426 g/mol. The van der Waals surface area contributed by atoms with Crippen LogP contribution in [0.5, 0.6) is 0 Å². The number of amides is 1. The van der Waals surface area contributed by atoms with Gasteiger partial charge in [0.15, 0.2) is 5.13 Å². The van der Waals surface area contributed by atoms with Crippen molar-refractivity contribution in [2.75, 3.05) is 38.0 Å². The molecule has 0 atom stereocenters. The van der Waals surface area contributed by atoms with E-state index in [-0.39, 0.29) is 23.9 Å². The van der Waals surface area contributed by atoms with E-state index in [0.717, 1.165) is 24.3 Å². The number of likely N-dealkylation sites (N-methyl/N-ethyl adjacent to an activating group) is 1. The number of quaternary nitrogens is 1. The Bertz CT molecular complexity index is 875. The molecule has 2 rings (SSSR count). The zero-order valence-corrected chi connectivity index (χ0v) is 18.5. The van der Waals surface area contributed by atoms with E-state index in [4.69, 9.17) is 0 Å². The molecule has 1 aromatic carbocycles. The summed E-state index contributed by atoms with van der Waals surface area (Å²) in [5.74, 6) is -0.389. The maximum absolute atomic E-state index is 13.1. The van der Waals surface area contributed by atoms with Crippen LogP contribution in [0.25, 0.3) is 0 Å². The van der Waals surface area contributed by atoms with Crippen molar-refractivity contribution in [2.24, 2.45) is 0 Å². The standard InChI is InChI=1S/C19H28N4O3S2/c1-5-22(6-2)11-12-23(13-18(24)21-19-20-16(4)14-27-19)28(25,26)17-9-7-15(3)8-10-17/h7-10,14H,5-6,11-13H2,1-4H3,(H,20,21,24)/p+1. The fourth-order valence-corrected chi connectivity index (χ4v) is 4.86. The van der Waals surface area contributed by atoms with Gasteiger partial charge < -0.3 is 10.2 Å². The Hall–Kier alpha value is -1.81. The predicted molar refractivity (Wildman–Crippen MR) is 112 cm³/mol. The lowest BCUT2D eigenvalue weighted by atomic mass is 10.2. The van der Waals surface area contributed by atoms with Gasteiger partial charge in [-0.25, -0.2) is 13.4 Å². The van der Waals surface area contributed by atoms with Crippen LogP contribution in [0.2, 0.25) is 0 Å². The number of nitrogens with one attached hydrogen (secondary N) is 2. The molecule has 0 spiro atoms. The number of sulfonamides is 1. The first-order valence-corrected chi connectivity index (χ1v) is 11.7. The summed E-state index contributed by atoms with van der Waals surface area (Å²) < 4.78 is 27.6. The molecule has 1 aromatic heterocycles. The zero-order valence-electron chi connectivity index (χ0n) is 16.9. The maximum atomic E-state index is 13.1. The van der Waals surface area contributed by atoms with E-state index >= 15 is 0 Å². The van der Waals surface area contributed by atoms with E-state index in [1.807, 2.05) is 19.2 Å².